The molecule has 1 nitrogen and oxygen atoms in total. The Morgan fingerprint density at radius 1 is 0.278 bits per heavy atom. The molecule has 9 aromatic carbocycles. The molecule has 10 aromatic rings. The van der Waals surface area contributed by atoms with Gasteiger partial charge in [-0.2, -0.15) is 0 Å². The molecule has 0 amide bonds. The Morgan fingerprint density at radius 3 is 1.54 bits per heavy atom. The summed E-state index contributed by atoms with van der Waals surface area (Å²) in [4.78, 5) is 2.39. The fraction of sp³-hybridized carbons (Fsp3) is 0. The van der Waals surface area contributed by atoms with Gasteiger partial charge in [0.05, 0.1) is 0 Å². The molecule has 1 heterocycles. The van der Waals surface area contributed by atoms with E-state index < -0.39 is 0 Å². The summed E-state index contributed by atoms with van der Waals surface area (Å²) >= 11 is 1.86. The minimum atomic E-state index is 1.10. The van der Waals surface area contributed by atoms with Gasteiger partial charge in [-0.05, 0) is 104 Å². The van der Waals surface area contributed by atoms with Crippen molar-refractivity contribution in [2.24, 2.45) is 0 Å². The van der Waals surface area contributed by atoms with E-state index in [1.165, 1.54) is 75.5 Å². The average Bonchev–Trinajstić information content (AvgIpc) is 3.62. The van der Waals surface area contributed by atoms with Gasteiger partial charge in [-0.3, -0.25) is 0 Å². The summed E-state index contributed by atoms with van der Waals surface area (Å²) in [5.41, 5.74) is 13.0. The minimum Gasteiger partial charge on any atom is -0.310 e. The van der Waals surface area contributed by atoms with E-state index in [2.05, 4.69) is 217 Å². The van der Waals surface area contributed by atoms with Gasteiger partial charge in [0.1, 0.15) is 0 Å². The van der Waals surface area contributed by atoms with E-state index >= 15 is 0 Å². The zero-order valence-electron chi connectivity index (χ0n) is 29.6. The van der Waals surface area contributed by atoms with Crippen LogP contribution in [0.2, 0.25) is 0 Å². The summed E-state index contributed by atoms with van der Waals surface area (Å²) in [6, 6.07) is 77.1. The van der Waals surface area contributed by atoms with Crippen molar-refractivity contribution in [1.29, 1.82) is 0 Å². The topological polar surface area (TPSA) is 3.24 Å². The van der Waals surface area contributed by atoms with E-state index in [1.54, 1.807) is 0 Å². The van der Waals surface area contributed by atoms with Crippen molar-refractivity contribution in [3.05, 3.63) is 212 Å². The molecule has 0 bridgehead atoms. The zero-order chi connectivity index (χ0) is 35.8. The van der Waals surface area contributed by atoms with Crippen LogP contribution in [0.5, 0.6) is 0 Å². The van der Waals surface area contributed by atoms with E-state index in [1.807, 2.05) is 11.3 Å². The molecule has 54 heavy (non-hydrogen) atoms. The quantitative estimate of drug-likeness (QED) is 0.160. The molecule has 254 valence electrons. The molecule has 0 aliphatic carbocycles. The largest absolute Gasteiger partial charge is 0.310 e. The standard InChI is InChI=1S/C52H35NS/c1-2-11-36(12-3-1)37-23-25-38(26-24-37)39-27-30-44(31-28-39)53(46-18-9-16-43(34-46)48-21-10-14-40-13-4-5-19-47(40)48)45-17-8-15-41(33-45)42-29-32-50-49-20-6-7-22-51(49)54-52(50)35-42/h1-35H. The Bertz CT molecular complexity index is 2920. The van der Waals surface area contributed by atoms with Crippen LogP contribution in [0.25, 0.3) is 75.5 Å². The number of fused-ring (bicyclic) bond motifs is 4. The highest BCUT2D eigenvalue weighted by Crippen LogP contribution is 2.41. The third kappa shape index (κ3) is 5.93. The Labute approximate surface area is 319 Å². The highest BCUT2D eigenvalue weighted by atomic mass is 32.1. The molecule has 0 aliphatic heterocycles. The first-order chi connectivity index (χ1) is 26.7. The van der Waals surface area contributed by atoms with Crippen LogP contribution in [0.3, 0.4) is 0 Å². The van der Waals surface area contributed by atoms with Gasteiger partial charge in [0.25, 0.3) is 0 Å². The first kappa shape index (κ1) is 32.0. The van der Waals surface area contributed by atoms with Crippen LogP contribution in [0.1, 0.15) is 0 Å². The van der Waals surface area contributed by atoms with Crippen molar-refractivity contribution < 1.29 is 0 Å². The Hall–Kier alpha value is -6.74. The van der Waals surface area contributed by atoms with Crippen LogP contribution < -0.4 is 4.90 Å². The van der Waals surface area contributed by atoms with Crippen LogP contribution >= 0.6 is 11.3 Å². The molecule has 0 N–H and O–H groups in total. The second-order valence-electron chi connectivity index (χ2n) is 13.8. The first-order valence-electron chi connectivity index (χ1n) is 18.4. The van der Waals surface area contributed by atoms with Gasteiger partial charge in [-0.25, -0.2) is 0 Å². The third-order valence-corrected chi connectivity index (χ3v) is 11.6. The van der Waals surface area contributed by atoms with Crippen LogP contribution in [0, 0.1) is 0 Å². The Kier molecular flexibility index (Phi) is 8.09. The molecule has 0 saturated heterocycles. The number of anilines is 3. The number of hydrogen-bond acceptors (Lipinski definition) is 2. The molecule has 0 fully saturated rings. The van der Waals surface area contributed by atoms with Gasteiger partial charge in [0.2, 0.25) is 0 Å². The SMILES string of the molecule is c1ccc(-c2ccc(-c3ccc(N(c4cccc(-c5ccc6c(c5)sc5ccccc56)c4)c4cccc(-c5cccc6ccccc56)c4)cc3)cc2)cc1. The van der Waals surface area contributed by atoms with Gasteiger partial charge in [0.15, 0.2) is 0 Å². The molecule has 1 aromatic heterocycles. The molecule has 2 heteroatoms. The number of rotatable bonds is 7. The lowest BCUT2D eigenvalue weighted by Gasteiger charge is -2.27. The van der Waals surface area contributed by atoms with Gasteiger partial charge < -0.3 is 4.90 Å². The molecule has 0 aliphatic rings. The molecule has 0 radical (unpaired) electrons. The van der Waals surface area contributed by atoms with Gasteiger partial charge in [-0.15, -0.1) is 11.3 Å². The highest BCUT2D eigenvalue weighted by Gasteiger charge is 2.16. The van der Waals surface area contributed by atoms with Gasteiger partial charge >= 0.3 is 0 Å². The number of nitrogens with zero attached hydrogens (tertiary/aromatic N) is 1. The maximum atomic E-state index is 2.39. The highest BCUT2D eigenvalue weighted by molar-refractivity contribution is 7.25. The summed E-state index contributed by atoms with van der Waals surface area (Å²) in [5, 5.41) is 5.14. The molecule has 10 rings (SSSR count). The summed E-state index contributed by atoms with van der Waals surface area (Å²) < 4.78 is 2.64. The summed E-state index contributed by atoms with van der Waals surface area (Å²) in [6.07, 6.45) is 0. The Morgan fingerprint density at radius 2 is 0.778 bits per heavy atom. The second kappa shape index (κ2) is 13.7. The van der Waals surface area contributed by atoms with Crippen LogP contribution in [0.4, 0.5) is 17.1 Å². The normalized spacial score (nSPS) is 11.3. The van der Waals surface area contributed by atoms with E-state index in [-0.39, 0.29) is 0 Å². The number of thiophene rings is 1. The van der Waals surface area contributed by atoms with E-state index in [0.29, 0.717) is 0 Å². The molecular formula is C52H35NS. The number of hydrogen-bond donors (Lipinski definition) is 0. The lowest BCUT2D eigenvalue weighted by atomic mass is 9.97. The molecule has 0 unspecified atom stereocenters. The molecular weight excluding hydrogens is 671 g/mol. The van der Waals surface area contributed by atoms with E-state index in [0.717, 1.165) is 17.1 Å². The van der Waals surface area contributed by atoms with Crippen LogP contribution in [-0.2, 0) is 0 Å². The van der Waals surface area contributed by atoms with Crippen LogP contribution in [0.15, 0.2) is 212 Å². The minimum absolute atomic E-state index is 1.10. The second-order valence-corrected chi connectivity index (χ2v) is 14.8. The van der Waals surface area contributed by atoms with Crippen LogP contribution in [-0.4, -0.2) is 0 Å². The lowest BCUT2D eigenvalue weighted by Crippen LogP contribution is -2.10. The smallest absolute Gasteiger partial charge is 0.0467 e. The van der Waals surface area contributed by atoms with Crippen molar-refractivity contribution >= 4 is 59.3 Å². The first-order valence-corrected chi connectivity index (χ1v) is 19.2. The summed E-state index contributed by atoms with van der Waals surface area (Å²) in [6.45, 7) is 0. The molecule has 0 saturated carbocycles. The average molecular weight is 706 g/mol. The number of benzene rings is 9. The predicted octanol–water partition coefficient (Wildman–Crippen LogP) is 15.3. The van der Waals surface area contributed by atoms with Crippen molar-refractivity contribution in [2.45, 2.75) is 0 Å². The predicted molar refractivity (Wildman–Crippen MR) is 233 cm³/mol. The Balaban J connectivity index is 1.06. The van der Waals surface area contributed by atoms with E-state index in [4.69, 9.17) is 0 Å². The van der Waals surface area contributed by atoms with E-state index in [9.17, 15) is 0 Å². The summed E-state index contributed by atoms with van der Waals surface area (Å²) in [7, 11) is 0. The summed E-state index contributed by atoms with van der Waals surface area (Å²) in [5.74, 6) is 0. The molecule has 0 atom stereocenters. The van der Waals surface area contributed by atoms with Crippen molar-refractivity contribution in [2.75, 3.05) is 4.90 Å². The monoisotopic (exact) mass is 705 g/mol. The van der Waals surface area contributed by atoms with Crippen molar-refractivity contribution in [3.8, 4) is 44.5 Å². The maximum Gasteiger partial charge on any atom is 0.0467 e. The maximum absolute atomic E-state index is 2.39. The molecule has 0 spiro atoms. The third-order valence-electron chi connectivity index (χ3n) is 10.5. The van der Waals surface area contributed by atoms with Gasteiger partial charge in [0, 0.05) is 37.2 Å². The van der Waals surface area contributed by atoms with Crippen molar-refractivity contribution in [1.82, 2.24) is 0 Å². The van der Waals surface area contributed by atoms with Crippen molar-refractivity contribution in [3.63, 3.8) is 0 Å². The zero-order valence-corrected chi connectivity index (χ0v) is 30.4. The van der Waals surface area contributed by atoms with Gasteiger partial charge in [-0.1, -0.05) is 164 Å². The fourth-order valence-corrected chi connectivity index (χ4v) is 8.90. The fourth-order valence-electron chi connectivity index (χ4n) is 7.76. The lowest BCUT2D eigenvalue weighted by molar-refractivity contribution is 1.28.